The summed E-state index contributed by atoms with van der Waals surface area (Å²) in [4.78, 5) is 29.9. The molecule has 1 aliphatic heterocycles. The van der Waals surface area contributed by atoms with Gasteiger partial charge in [0.1, 0.15) is 16.6 Å². The highest BCUT2D eigenvalue weighted by Crippen LogP contribution is 2.49. The van der Waals surface area contributed by atoms with Crippen LogP contribution in [0.1, 0.15) is 36.1 Å². The fourth-order valence-electron chi connectivity index (χ4n) is 5.39. The van der Waals surface area contributed by atoms with Crippen molar-refractivity contribution in [2.24, 2.45) is 5.92 Å². The average Bonchev–Trinajstić information content (AvgIpc) is 3.35. The zero-order chi connectivity index (χ0) is 28.7. The SMILES string of the molecule is COCCn1cc(NC2C3=CC=C(Cl)C(C)C3=C(C)n3c(-c4ccccc4OC)nc(C(=O)O)c32)cc(Cl)c1=O. The number of carboxylic acid groups (broad SMARTS) is 1. The molecule has 2 atom stereocenters. The number of aromatic nitrogens is 3. The Kier molecular flexibility index (Phi) is 7.63. The number of imidazole rings is 1. The average molecular weight is 583 g/mol. The summed E-state index contributed by atoms with van der Waals surface area (Å²) in [6.45, 7) is 4.56. The molecule has 11 heteroatoms. The first kappa shape index (κ1) is 27.8. The van der Waals surface area contributed by atoms with E-state index in [4.69, 9.17) is 32.7 Å². The van der Waals surface area contributed by atoms with Crippen LogP contribution in [0.2, 0.25) is 5.02 Å². The summed E-state index contributed by atoms with van der Waals surface area (Å²) in [5.41, 5.74) is 3.76. The summed E-state index contributed by atoms with van der Waals surface area (Å²) in [5.74, 6) is -0.335. The summed E-state index contributed by atoms with van der Waals surface area (Å²) < 4.78 is 14.1. The first-order valence-electron chi connectivity index (χ1n) is 12.6. The molecule has 0 saturated carbocycles. The highest BCUT2D eigenvalue weighted by Gasteiger charge is 2.40. The molecular weight excluding hydrogens is 555 g/mol. The lowest BCUT2D eigenvalue weighted by Crippen LogP contribution is -2.30. The summed E-state index contributed by atoms with van der Waals surface area (Å²) in [5, 5.41) is 14.5. The van der Waals surface area contributed by atoms with Crippen LogP contribution < -0.4 is 15.6 Å². The Morgan fingerprint density at radius 3 is 2.65 bits per heavy atom. The number of nitrogens with zero attached hydrogens (tertiary/aromatic N) is 3. The molecule has 208 valence electrons. The second kappa shape index (κ2) is 11.0. The predicted octanol–water partition coefficient (Wildman–Crippen LogP) is 5.82. The smallest absolute Gasteiger partial charge is 0.356 e. The number of hydrogen-bond donors (Lipinski definition) is 2. The van der Waals surface area contributed by atoms with Crippen molar-refractivity contribution in [3.05, 3.63) is 91.6 Å². The molecule has 2 unspecified atom stereocenters. The number of para-hydroxylation sites is 1. The van der Waals surface area contributed by atoms with Gasteiger partial charge in [0.05, 0.1) is 36.7 Å². The molecule has 0 fully saturated rings. The fourth-order valence-corrected chi connectivity index (χ4v) is 5.78. The molecule has 0 spiro atoms. The van der Waals surface area contributed by atoms with Gasteiger partial charge >= 0.3 is 5.97 Å². The Labute approximate surface area is 241 Å². The van der Waals surface area contributed by atoms with E-state index < -0.39 is 12.0 Å². The van der Waals surface area contributed by atoms with Crippen molar-refractivity contribution in [3.63, 3.8) is 0 Å². The molecule has 40 heavy (non-hydrogen) atoms. The lowest BCUT2D eigenvalue weighted by Gasteiger charge is -2.37. The number of nitrogens with one attached hydrogen (secondary N) is 1. The van der Waals surface area contributed by atoms with Crippen molar-refractivity contribution in [2.75, 3.05) is 26.1 Å². The Morgan fingerprint density at radius 1 is 1.20 bits per heavy atom. The summed E-state index contributed by atoms with van der Waals surface area (Å²) in [6.07, 6.45) is 5.37. The minimum atomic E-state index is -1.17. The maximum absolute atomic E-state index is 12.6. The molecule has 3 aromatic rings. The van der Waals surface area contributed by atoms with Gasteiger partial charge in [-0.1, -0.05) is 48.3 Å². The molecular formula is C29H28Cl2N4O5. The molecule has 0 bridgehead atoms. The summed E-state index contributed by atoms with van der Waals surface area (Å²) in [6, 6.07) is 8.21. The third-order valence-corrected chi connectivity index (χ3v) is 7.97. The van der Waals surface area contributed by atoms with E-state index in [1.54, 1.807) is 26.5 Å². The molecule has 2 N–H and O–H groups in total. The van der Waals surface area contributed by atoms with Gasteiger partial charge in [0, 0.05) is 36.5 Å². The molecule has 2 aromatic heterocycles. The molecule has 0 amide bonds. The number of fused-ring (bicyclic) bond motifs is 2. The number of rotatable bonds is 8. The second-order valence-electron chi connectivity index (χ2n) is 9.55. The first-order valence-corrected chi connectivity index (χ1v) is 13.4. The Balaban J connectivity index is 1.78. The summed E-state index contributed by atoms with van der Waals surface area (Å²) >= 11 is 12.9. The molecule has 1 aliphatic carbocycles. The topological polar surface area (TPSA) is 108 Å². The lowest BCUT2D eigenvalue weighted by atomic mass is 9.80. The Bertz CT molecular complexity index is 1670. The van der Waals surface area contributed by atoms with Gasteiger partial charge in [-0.2, -0.15) is 0 Å². The minimum absolute atomic E-state index is 0.0273. The van der Waals surface area contributed by atoms with Gasteiger partial charge in [-0.25, -0.2) is 9.78 Å². The second-order valence-corrected chi connectivity index (χ2v) is 10.4. The number of hydrogen-bond acceptors (Lipinski definition) is 6. The first-order chi connectivity index (χ1) is 19.2. The van der Waals surface area contributed by atoms with Crippen LogP contribution in [-0.2, 0) is 11.3 Å². The van der Waals surface area contributed by atoms with Crippen LogP contribution in [0.25, 0.3) is 17.1 Å². The molecule has 1 aromatic carbocycles. The van der Waals surface area contributed by atoms with E-state index in [-0.39, 0.29) is 22.2 Å². The van der Waals surface area contributed by atoms with Crippen molar-refractivity contribution >= 4 is 40.6 Å². The number of benzene rings is 1. The lowest BCUT2D eigenvalue weighted by molar-refractivity contribution is 0.0689. The Morgan fingerprint density at radius 2 is 1.95 bits per heavy atom. The highest BCUT2D eigenvalue weighted by molar-refractivity contribution is 6.31. The molecule has 0 radical (unpaired) electrons. The number of carbonyl (C=O) groups is 1. The third kappa shape index (κ3) is 4.64. The normalized spacial score (nSPS) is 18.1. The van der Waals surface area contributed by atoms with Crippen LogP contribution in [0.4, 0.5) is 5.69 Å². The number of carboxylic acids is 1. The van der Waals surface area contributed by atoms with Crippen molar-refractivity contribution in [2.45, 2.75) is 26.4 Å². The van der Waals surface area contributed by atoms with Crippen molar-refractivity contribution < 1.29 is 19.4 Å². The van der Waals surface area contributed by atoms with Gasteiger partial charge in [-0.05, 0) is 42.3 Å². The van der Waals surface area contributed by atoms with Gasteiger partial charge < -0.3 is 24.5 Å². The molecule has 3 heterocycles. The zero-order valence-corrected chi connectivity index (χ0v) is 23.9. The highest BCUT2D eigenvalue weighted by atomic mass is 35.5. The molecule has 0 saturated heterocycles. The van der Waals surface area contributed by atoms with Crippen LogP contribution in [-0.4, -0.2) is 46.0 Å². The molecule has 5 rings (SSSR count). The van der Waals surface area contributed by atoms with Crippen molar-refractivity contribution in [3.8, 4) is 17.1 Å². The van der Waals surface area contributed by atoms with Gasteiger partial charge in [0.25, 0.3) is 5.56 Å². The predicted molar refractivity (Wildman–Crippen MR) is 155 cm³/mol. The van der Waals surface area contributed by atoms with E-state index in [0.29, 0.717) is 46.7 Å². The van der Waals surface area contributed by atoms with Gasteiger partial charge in [-0.3, -0.25) is 9.36 Å². The van der Waals surface area contributed by atoms with Crippen LogP contribution >= 0.6 is 23.2 Å². The van der Waals surface area contributed by atoms with E-state index in [1.165, 1.54) is 10.6 Å². The quantitative estimate of drug-likeness (QED) is 0.345. The van der Waals surface area contributed by atoms with E-state index in [0.717, 1.165) is 16.8 Å². The van der Waals surface area contributed by atoms with Crippen molar-refractivity contribution in [1.29, 1.82) is 0 Å². The van der Waals surface area contributed by atoms with Gasteiger partial charge in [-0.15, -0.1) is 0 Å². The van der Waals surface area contributed by atoms with Crippen LogP contribution in [0.15, 0.2) is 69.7 Å². The number of halogens is 2. The molecule has 2 aliphatic rings. The Hall–Kier alpha value is -3.79. The van der Waals surface area contributed by atoms with Crippen LogP contribution in [0, 0.1) is 5.92 Å². The van der Waals surface area contributed by atoms with Crippen LogP contribution in [0.3, 0.4) is 0 Å². The van der Waals surface area contributed by atoms with E-state index in [1.807, 2.05) is 48.8 Å². The van der Waals surface area contributed by atoms with Crippen molar-refractivity contribution in [1.82, 2.24) is 14.1 Å². The van der Waals surface area contributed by atoms with Gasteiger partial charge in [0.2, 0.25) is 0 Å². The minimum Gasteiger partial charge on any atom is -0.496 e. The number of anilines is 1. The van der Waals surface area contributed by atoms with E-state index in [9.17, 15) is 14.7 Å². The summed E-state index contributed by atoms with van der Waals surface area (Å²) in [7, 11) is 3.11. The maximum atomic E-state index is 12.6. The maximum Gasteiger partial charge on any atom is 0.356 e. The number of methoxy groups -OCH3 is 2. The number of pyridine rings is 1. The largest absolute Gasteiger partial charge is 0.496 e. The third-order valence-electron chi connectivity index (χ3n) is 7.24. The van der Waals surface area contributed by atoms with Gasteiger partial charge in [0.15, 0.2) is 5.69 Å². The van der Waals surface area contributed by atoms with E-state index >= 15 is 0 Å². The number of aromatic carboxylic acids is 1. The number of allylic oxidation sites excluding steroid dienone is 4. The fraction of sp³-hybridized carbons (Fsp3) is 0.276. The number of ether oxygens (including phenoxy) is 2. The standard InChI is InChI=1S/C29H28Cl2N4O5/c1-15-20(30)10-9-19-23(15)16(2)35-26(24(19)32-17-13-21(31)28(36)34(14-17)11-12-39-3)25(29(37)38)33-27(35)18-7-5-6-8-22(18)40-4/h5-10,13-15,24,32H,11-12H2,1-4H3,(H,37,38). The van der Waals surface area contributed by atoms with E-state index in [2.05, 4.69) is 10.3 Å². The zero-order valence-electron chi connectivity index (χ0n) is 22.4. The molecule has 9 nitrogen and oxygen atoms in total. The monoisotopic (exact) mass is 582 g/mol. The van der Waals surface area contributed by atoms with Crippen LogP contribution in [0.5, 0.6) is 5.75 Å².